The maximum absolute atomic E-state index is 12.9. The highest BCUT2D eigenvalue weighted by Gasteiger charge is 2.23. The average Bonchev–Trinajstić information content (AvgIpc) is 2.77. The SMILES string of the molecule is CC(C)(C)CN1CCN(c2ccc(C(=O)CSc3ccnc4ccccc34)cc2Br)CC1. The van der Waals surface area contributed by atoms with E-state index in [0.717, 1.165) is 58.6 Å². The van der Waals surface area contributed by atoms with E-state index in [1.54, 1.807) is 11.8 Å². The molecular formula is C26H30BrN3OS. The zero-order chi connectivity index (χ0) is 22.7. The van der Waals surface area contributed by atoms with Crippen LogP contribution in [0, 0.1) is 5.41 Å². The van der Waals surface area contributed by atoms with Crippen LogP contribution in [0.1, 0.15) is 31.1 Å². The molecule has 0 atom stereocenters. The number of pyridine rings is 1. The third-order valence-electron chi connectivity index (χ3n) is 5.65. The van der Waals surface area contributed by atoms with Crippen LogP contribution in [0.4, 0.5) is 5.69 Å². The molecule has 1 saturated heterocycles. The smallest absolute Gasteiger partial charge is 0.173 e. The molecule has 1 aromatic heterocycles. The molecule has 0 unspecified atom stereocenters. The van der Waals surface area contributed by atoms with Crippen LogP contribution in [0.3, 0.4) is 0 Å². The molecular weight excluding hydrogens is 482 g/mol. The van der Waals surface area contributed by atoms with Crippen molar-refractivity contribution in [2.24, 2.45) is 5.41 Å². The quantitative estimate of drug-likeness (QED) is 0.293. The summed E-state index contributed by atoms with van der Waals surface area (Å²) >= 11 is 5.30. The molecule has 0 saturated carbocycles. The molecule has 0 spiro atoms. The van der Waals surface area contributed by atoms with Gasteiger partial charge in [0.25, 0.3) is 0 Å². The number of nitrogens with zero attached hydrogens (tertiary/aromatic N) is 3. The van der Waals surface area contributed by atoms with Crippen molar-refractivity contribution in [1.82, 2.24) is 9.88 Å². The second kappa shape index (κ2) is 9.94. The van der Waals surface area contributed by atoms with Crippen molar-refractivity contribution in [3.63, 3.8) is 0 Å². The van der Waals surface area contributed by atoms with E-state index >= 15 is 0 Å². The van der Waals surface area contributed by atoms with Crippen molar-refractivity contribution in [3.05, 3.63) is 64.8 Å². The third kappa shape index (κ3) is 5.72. The van der Waals surface area contributed by atoms with Crippen LogP contribution in [-0.4, -0.2) is 54.1 Å². The van der Waals surface area contributed by atoms with Gasteiger partial charge in [-0.25, -0.2) is 0 Å². The Bertz CT molecular complexity index is 1100. The summed E-state index contributed by atoms with van der Waals surface area (Å²) < 4.78 is 0.993. The summed E-state index contributed by atoms with van der Waals surface area (Å²) in [6, 6.07) is 16.1. The number of benzene rings is 2. The number of hydrogen-bond acceptors (Lipinski definition) is 5. The van der Waals surface area contributed by atoms with Gasteiger partial charge in [0.05, 0.1) is 17.0 Å². The lowest BCUT2D eigenvalue weighted by molar-refractivity contribution is 0.102. The minimum absolute atomic E-state index is 0.137. The molecule has 1 fully saturated rings. The van der Waals surface area contributed by atoms with E-state index in [1.807, 2.05) is 42.6 Å². The lowest BCUT2D eigenvalue weighted by Crippen LogP contribution is -2.48. The van der Waals surface area contributed by atoms with Crippen molar-refractivity contribution < 1.29 is 4.79 Å². The lowest BCUT2D eigenvalue weighted by Gasteiger charge is -2.39. The van der Waals surface area contributed by atoms with Gasteiger partial charge in [0.1, 0.15) is 0 Å². The van der Waals surface area contributed by atoms with Crippen molar-refractivity contribution in [3.8, 4) is 0 Å². The predicted molar refractivity (Wildman–Crippen MR) is 139 cm³/mol. The number of halogens is 1. The Morgan fingerprint density at radius 3 is 2.53 bits per heavy atom. The van der Waals surface area contributed by atoms with Crippen LogP contribution in [0.25, 0.3) is 10.9 Å². The number of anilines is 1. The normalized spacial score (nSPS) is 15.3. The van der Waals surface area contributed by atoms with Gasteiger partial charge in [-0.1, -0.05) is 39.0 Å². The highest BCUT2D eigenvalue weighted by atomic mass is 79.9. The number of para-hydroxylation sites is 1. The van der Waals surface area contributed by atoms with Gasteiger partial charge >= 0.3 is 0 Å². The van der Waals surface area contributed by atoms with Gasteiger partial charge in [-0.3, -0.25) is 14.7 Å². The zero-order valence-corrected chi connectivity index (χ0v) is 21.4. The lowest BCUT2D eigenvalue weighted by atomic mass is 9.96. The van der Waals surface area contributed by atoms with Crippen LogP contribution in [0.15, 0.2) is 64.1 Å². The first-order valence-corrected chi connectivity index (χ1v) is 12.8. The minimum atomic E-state index is 0.137. The number of fused-ring (bicyclic) bond motifs is 1. The Kier molecular flexibility index (Phi) is 7.23. The number of piperazine rings is 1. The van der Waals surface area contributed by atoms with E-state index in [9.17, 15) is 4.79 Å². The fourth-order valence-corrected chi connectivity index (χ4v) is 5.74. The van der Waals surface area contributed by atoms with Crippen molar-refractivity contribution >= 4 is 50.1 Å². The predicted octanol–water partition coefficient (Wildman–Crippen LogP) is 6.14. The maximum Gasteiger partial charge on any atom is 0.173 e. The van der Waals surface area contributed by atoms with Gasteiger partial charge in [-0.2, -0.15) is 0 Å². The second-order valence-corrected chi connectivity index (χ2v) is 11.4. The summed E-state index contributed by atoms with van der Waals surface area (Å²) in [5.74, 6) is 0.545. The molecule has 0 radical (unpaired) electrons. The highest BCUT2D eigenvalue weighted by Crippen LogP contribution is 2.31. The highest BCUT2D eigenvalue weighted by molar-refractivity contribution is 9.10. The minimum Gasteiger partial charge on any atom is -0.368 e. The standard InChI is InChI=1S/C26H30BrN3OS/c1-26(2,3)18-29-12-14-30(15-13-29)23-9-8-19(16-21(23)27)24(31)17-32-25-10-11-28-22-7-5-4-6-20(22)25/h4-11,16H,12-15,17-18H2,1-3H3. The number of aromatic nitrogens is 1. The molecule has 4 nitrogen and oxygen atoms in total. The first kappa shape index (κ1) is 23.3. The first-order chi connectivity index (χ1) is 15.3. The Balaban J connectivity index is 1.38. The van der Waals surface area contributed by atoms with E-state index in [-0.39, 0.29) is 5.78 Å². The summed E-state index contributed by atoms with van der Waals surface area (Å²) in [4.78, 5) is 23.3. The summed E-state index contributed by atoms with van der Waals surface area (Å²) in [5.41, 5.74) is 3.20. The molecule has 32 heavy (non-hydrogen) atoms. The topological polar surface area (TPSA) is 36.4 Å². The van der Waals surface area contributed by atoms with E-state index < -0.39 is 0 Å². The molecule has 2 aromatic carbocycles. The Morgan fingerprint density at radius 2 is 1.81 bits per heavy atom. The number of thioether (sulfide) groups is 1. The van der Waals surface area contributed by atoms with E-state index in [2.05, 4.69) is 63.6 Å². The van der Waals surface area contributed by atoms with Gasteiger partial charge in [-0.05, 0) is 51.7 Å². The summed E-state index contributed by atoms with van der Waals surface area (Å²) in [6.45, 7) is 12.2. The number of Topliss-reactive ketones (excluding diaryl/α,β-unsaturated/α-hetero) is 1. The van der Waals surface area contributed by atoms with Gasteiger partial charge in [-0.15, -0.1) is 11.8 Å². The molecule has 6 heteroatoms. The fourth-order valence-electron chi connectivity index (χ4n) is 4.18. The summed E-state index contributed by atoms with van der Waals surface area (Å²) in [6.07, 6.45) is 1.81. The Hall–Kier alpha value is -1.89. The van der Waals surface area contributed by atoms with Gasteiger partial charge in [0.15, 0.2) is 5.78 Å². The number of hydrogen-bond donors (Lipinski definition) is 0. The molecule has 168 valence electrons. The molecule has 3 aromatic rings. The van der Waals surface area contributed by atoms with E-state index in [1.165, 1.54) is 5.69 Å². The fraction of sp³-hybridized carbons (Fsp3) is 0.385. The molecule has 0 bridgehead atoms. The van der Waals surface area contributed by atoms with Crippen LogP contribution in [0.5, 0.6) is 0 Å². The molecule has 4 rings (SSSR count). The average molecular weight is 513 g/mol. The molecule has 2 heterocycles. The molecule has 1 aliphatic rings. The van der Waals surface area contributed by atoms with Crippen LogP contribution < -0.4 is 4.90 Å². The van der Waals surface area contributed by atoms with Crippen molar-refractivity contribution in [2.75, 3.05) is 43.4 Å². The maximum atomic E-state index is 12.9. The zero-order valence-electron chi connectivity index (χ0n) is 19.0. The van der Waals surface area contributed by atoms with Crippen LogP contribution in [0.2, 0.25) is 0 Å². The van der Waals surface area contributed by atoms with Crippen molar-refractivity contribution in [2.45, 2.75) is 25.7 Å². The number of ketones is 1. The molecule has 0 N–H and O–H groups in total. The molecule has 0 amide bonds. The summed E-state index contributed by atoms with van der Waals surface area (Å²) in [5, 5.41) is 1.09. The van der Waals surface area contributed by atoms with E-state index in [0.29, 0.717) is 11.2 Å². The summed E-state index contributed by atoms with van der Waals surface area (Å²) in [7, 11) is 0. The first-order valence-electron chi connectivity index (χ1n) is 11.1. The van der Waals surface area contributed by atoms with Crippen LogP contribution in [-0.2, 0) is 0 Å². The molecule has 1 aliphatic heterocycles. The van der Waals surface area contributed by atoms with Crippen LogP contribution >= 0.6 is 27.7 Å². The number of rotatable bonds is 6. The Morgan fingerprint density at radius 1 is 1.06 bits per heavy atom. The second-order valence-electron chi connectivity index (χ2n) is 9.53. The van der Waals surface area contributed by atoms with Gasteiger partial charge in [0.2, 0.25) is 0 Å². The number of carbonyl (C=O) groups is 1. The van der Waals surface area contributed by atoms with E-state index in [4.69, 9.17) is 0 Å². The Labute approximate surface area is 203 Å². The number of carbonyl (C=O) groups excluding carboxylic acids is 1. The molecule has 0 aliphatic carbocycles. The van der Waals surface area contributed by atoms with Gasteiger partial charge in [0, 0.05) is 59.2 Å². The van der Waals surface area contributed by atoms with Gasteiger partial charge < -0.3 is 4.90 Å². The monoisotopic (exact) mass is 511 g/mol. The third-order valence-corrected chi connectivity index (χ3v) is 7.36. The largest absolute Gasteiger partial charge is 0.368 e. The van der Waals surface area contributed by atoms with Crippen molar-refractivity contribution in [1.29, 1.82) is 0 Å².